The smallest absolute Gasteiger partial charge is 0.395 e. The zero-order valence-electron chi connectivity index (χ0n) is 18.5. The number of benzene rings is 2. The number of alkyl halides is 3. The highest BCUT2D eigenvalue weighted by atomic mass is 19.4. The lowest BCUT2D eigenvalue weighted by molar-refractivity contribution is -0.136. The number of aliphatic hydroxyl groups is 2. The summed E-state index contributed by atoms with van der Waals surface area (Å²) in [7, 11) is 0. The molecule has 1 aliphatic carbocycles. The monoisotopic (exact) mass is 485 g/mol. The predicted octanol–water partition coefficient (Wildman–Crippen LogP) is 4.22. The Balaban J connectivity index is 1.51. The molecular formula is C25H22F3N3O4. The highest BCUT2D eigenvalue weighted by Crippen LogP contribution is 2.46. The van der Waals surface area contributed by atoms with Crippen LogP contribution >= 0.6 is 0 Å². The van der Waals surface area contributed by atoms with Crippen molar-refractivity contribution in [3.8, 4) is 34.0 Å². The summed E-state index contributed by atoms with van der Waals surface area (Å²) in [4.78, 5) is 0. The Labute approximate surface area is 198 Å². The Bertz CT molecular complexity index is 1330. The fourth-order valence-electron chi connectivity index (χ4n) is 4.34. The number of hydrogen-bond acceptors (Lipinski definition) is 7. The minimum atomic E-state index is -4.71. The Morgan fingerprint density at radius 3 is 2.34 bits per heavy atom. The van der Waals surface area contributed by atoms with Crippen LogP contribution in [0.15, 0.2) is 57.6 Å². The fraction of sp³-hybridized carbons (Fsp3) is 0.280. The lowest BCUT2D eigenvalue weighted by Gasteiger charge is -2.18. The minimum absolute atomic E-state index is 0.0385. The molecule has 0 fully saturated rings. The van der Waals surface area contributed by atoms with Gasteiger partial charge >= 0.3 is 6.18 Å². The summed E-state index contributed by atoms with van der Waals surface area (Å²) in [6.45, 7) is 0.0903. The second kappa shape index (κ2) is 9.29. The quantitative estimate of drug-likeness (QED) is 0.360. The average Bonchev–Trinajstić information content (AvgIpc) is 3.49. The molecule has 2 aromatic heterocycles. The van der Waals surface area contributed by atoms with Crippen molar-refractivity contribution in [2.45, 2.75) is 31.6 Å². The van der Waals surface area contributed by atoms with Crippen LogP contribution in [0.3, 0.4) is 0 Å². The van der Waals surface area contributed by atoms with Gasteiger partial charge in [-0.25, -0.2) is 0 Å². The molecular weight excluding hydrogens is 463 g/mol. The molecule has 1 aliphatic rings. The maximum atomic E-state index is 14.1. The van der Waals surface area contributed by atoms with Crippen LogP contribution in [0.1, 0.15) is 22.3 Å². The molecule has 0 bridgehead atoms. The first kappa shape index (κ1) is 23.3. The average molecular weight is 485 g/mol. The molecule has 10 heteroatoms. The highest BCUT2D eigenvalue weighted by molar-refractivity contribution is 5.79. The van der Waals surface area contributed by atoms with E-state index in [9.17, 15) is 23.4 Å². The lowest BCUT2D eigenvalue weighted by atomic mass is 9.87. The maximum Gasteiger partial charge on any atom is 0.422 e. The van der Waals surface area contributed by atoms with Gasteiger partial charge in [0.1, 0.15) is 11.3 Å². The fourth-order valence-corrected chi connectivity index (χ4v) is 4.34. The van der Waals surface area contributed by atoms with Crippen LogP contribution in [0.2, 0.25) is 0 Å². The number of aryl methyl sites for hydroxylation is 1. The summed E-state index contributed by atoms with van der Waals surface area (Å²) in [5.41, 5.74) is 2.64. The van der Waals surface area contributed by atoms with Gasteiger partial charge in [0.25, 0.3) is 0 Å². The van der Waals surface area contributed by atoms with Gasteiger partial charge in [0.15, 0.2) is 17.2 Å². The van der Waals surface area contributed by atoms with E-state index in [2.05, 4.69) is 15.6 Å². The molecule has 0 saturated carbocycles. The molecule has 3 N–H and O–H groups in total. The van der Waals surface area contributed by atoms with Crippen molar-refractivity contribution in [2.75, 3.05) is 13.2 Å². The van der Waals surface area contributed by atoms with Gasteiger partial charge < -0.3 is 24.6 Å². The van der Waals surface area contributed by atoms with E-state index in [0.29, 0.717) is 30.6 Å². The van der Waals surface area contributed by atoms with E-state index in [1.165, 1.54) is 12.1 Å². The third-order valence-electron chi connectivity index (χ3n) is 6.12. The molecule has 0 aliphatic heterocycles. The van der Waals surface area contributed by atoms with E-state index in [1.807, 2.05) is 18.2 Å². The van der Waals surface area contributed by atoms with Crippen molar-refractivity contribution in [1.29, 1.82) is 0 Å². The summed E-state index contributed by atoms with van der Waals surface area (Å²) in [5.74, 6) is -0.404. The van der Waals surface area contributed by atoms with Crippen LogP contribution in [-0.4, -0.2) is 39.8 Å². The molecule has 2 aromatic carbocycles. The largest absolute Gasteiger partial charge is 0.422 e. The summed E-state index contributed by atoms with van der Waals surface area (Å²) < 4.78 is 53.0. The van der Waals surface area contributed by atoms with Crippen molar-refractivity contribution in [2.24, 2.45) is 0 Å². The number of nitrogens with zero attached hydrogens (tertiary/aromatic N) is 2. The first-order chi connectivity index (χ1) is 16.9. The highest BCUT2D eigenvalue weighted by Gasteiger charge is 2.43. The zero-order chi connectivity index (χ0) is 24.6. The molecule has 0 unspecified atom stereocenters. The summed E-state index contributed by atoms with van der Waals surface area (Å²) in [5, 5.41) is 29.4. The van der Waals surface area contributed by atoms with Crippen LogP contribution in [0.5, 0.6) is 0 Å². The number of hydrogen-bond donors (Lipinski definition) is 3. The van der Waals surface area contributed by atoms with Gasteiger partial charge in [0, 0.05) is 23.2 Å². The number of aromatic nitrogens is 2. The number of nitrogens with one attached hydrogen (secondary N) is 1. The van der Waals surface area contributed by atoms with Crippen LogP contribution in [0.25, 0.3) is 34.0 Å². The molecule has 2 heterocycles. The Kier molecular flexibility index (Phi) is 6.18. The van der Waals surface area contributed by atoms with E-state index in [0.717, 1.165) is 16.7 Å². The number of fused-ring (bicyclic) bond motifs is 3. The van der Waals surface area contributed by atoms with Gasteiger partial charge in [-0.15, -0.1) is 0 Å². The molecule has 0 atom stereocenters. The molecule has 0 spiro atoms. The second-order valence-electron chi connectivity index (χ2n) is 8.37. The van der Waals surface area contributed by atoms with E-state index in [-0.39, 0.29) is 30.3 Å². The molecule has 182 valence electrons. The molecule has 0 saturated heterocycles. The lowest BCUT2D eigenvalue weighted by Crippen LogP contribution is -2.35. The van der Waals surface area contributed by atoms with Gasteiger partial charge in [0.05, 0.1) is 19.3 Å². The van der Waals surface area contributed by atoms with Crippen LogP contribution in [0, 0.1) is 0 Å². The standard InChI is InChI=1S/C25H22F3N3O4/c26-25(27,28)20-22(31-34-23(20)15-4-2-1-3-5-15)24-19-9-7-16-10-14(11-29-17(12-32)13-33)6-8-18(16)21(19)30-35-24/h1-6,8,10,17,29,32-33H,7,9,11-13H2. The number of rotatable bonds is 7. The molecule has 4 aromatic rings. The van der Waals surface area contributed by atoms with E-state index < -0.39 is 23.5 Å². The van der Waals surface area contributed by atoms with E-state index in [4.69, 9.17) is 9.05 Å². The summed E-state index contributed by atoms with van der Waals surface area (Å²) in [6, 6.07) is 13.3. The first-order valence-electron chi connectivity index (χ1n) is 11.1. The zero-order valence-corrected chi connectivity index (χ0v) is 18.5. The molecule has 0 amide bonds. The predicted molar refractivity (Wildman–Crippen MR) is 120 cm³/mol. The summed E-state index contributed by atoms with van der Waals surface area (Å²) in [6.07, 6.45) is -3.70. The Morgan fingerprint density at radius 1 is 0.914 bits per heavy atom. The molecule has 5 rings (SSSR count). The second-order valence-corrected chi connectivity index (χ2v) is 8.37. The molecule has 0 radical (unpaired) electrons. The van der Waals surface area contributed by atoms with Gasteiger partial charge in [-0.3, -0.25) is 0 Å². The Hall–Kier alpha value is -3.47. The third-order valence-corrected chi connectivity index (χ3v) is 6.12. The minimum Gasteiger partial charge on any atom is -0.395 e. The van der Waals surface area contributed by atoms with Gasteiger partial charge in [0.2, 0.25) is 0 Å². The maximum absolute atomic E-state index is 14.1. The van der Waals surface area contributed by atoms with Crippen LogP contribution in [-0.2, 0) is 25.6 Å². The van der Waals surface area contributed by atoms with Crippen molar-refractivity contribution >= 4 is 0 Å². The number of aliphatic hydroxyl groups excluding tert-OH is 2. The van der Waals surface area contributed by atoms with Crippen molar-refractivity contribution < 1.29 is 32.4 Å². The van der Waals surface area contributed by atoms with E-state index >= 15 is 0 Å². The van der Waals surface area contributed by atoms with Crippen LogP contribution < -0.4 is 5.32 Å². The Morgan fingerprint density at radius 2 is 1.63 bits per heavy atom. The SMILES string of the molecule is OCC(CO)NCc1ccc2c(c1)CCc1c-2noc1-c1noc(-c2ccccc2)c1C(F)(F)F. The first-order valence-corrected chi connectivity index (χ1v) is 11.1. The van der Waals surface area contributed by atoms with Crippen molar-refractivity contribution in [1.82, 2.24) is 15.6 Å². The topological polar surface area (TPSA) is 105 Å². The third kappa shape index (κ3) is 4.36. The van der Waals surface area contributed by atoms with Crippen molar-refractivity contribution in [3.63, 3.8) is 0 Å². The molecule has 7 nitrogen and oxygen atoms in total. The van der Waals surface area contributed by atoms with Gasteiger partial charge in [-0.2, -0.15) is 13.2 Å². The summed E-state index contributed by atoms with van der Waals surface area (Å²) >= 11 is 0. The number of halogens is 3. The van der Waals surface area contributed by atoms with Gasteiger partial charge in [-0.05, 0) is 24.0 Å². The van der Waals surface area contributed by atoms with E-state index in [1.54, 1.807) is 18.2 Å². The normalized spacial score (nSPS) is 13.2. The van der Waals surface area contributed by atoms with Crippen molar-refractivity contribution in [3.05, 3.63) is 70.8 Å². The molecule has 35 heavy (non-hydrogen) atoms. The van der Waals surface area contributed by atoms with Gasteiger partial charge in [-0.1, -0.05) is 58.8 Å². The van der Waals surface area contributed by atoms with Crippen LogP contribution in [0.4, 0.5) is 13.2 Å².